The zero-order valence-electron chi connectivity index (χ0n) is 16.5. The molecule has 27 heavy (non-hydrogen) atoms. The van der Waals surface area contributed by atoms with Crippen molar-refractivity contribution in [1.29, 1.82) is 0 Å². The molecule has 0 atom stereocenters. The molecule has 3 aromatic rings. The van der Waals surface area contributed by atoms with Gasteiger partial charge in [0, 0.05) is 18.2 Å². The molecule has 140 valence electrons. The molecular formula is C22H25N3OS. The molecule has 0 aliphatic carbocycles. The molecule has 0 radical (unpaired) electrons. The number of aromatic nitrogens is 3. The number of rotatable bonds is 5. The fourth-order valence-corrected chi connectivity index (χ4v) is 3.57. The largest absolute Gasteiger partial charge is 0.305 e. The third-order valence-electron chi connectivity index (χ3n) is 4.55. The number of carbonyl (C=O) groups is 1. The average Bonchev–Trinajstić information content (AvgIpc) is 3.00. The van der Waals surface area contributed by atoms with Crippen LogP contribution in [0.5, 0.6) is 0 Å². The topological polar surface area (TPSA) is 47.8 Å². The van der Waals surface area contributed by atoms with Gasteiger partial charge in [-0.2, -0.15) is 0 Å². The van der Waals surface area contributed by atoms with Gasteiger partial charge in [-0.15, -0.1) is 10.2 Å². The molecule has 0 amide bonds. The van der Waals surface area contributed by atoms with Crippen LogP contribution in [0.3, 0.4) is 0 Å². The summed E-state index contributed by atoms with van der Waals surface area (Å²) in [7, 11) is 1.94. The Bertz CT molecular complexity index is 935. The molecule has 0 saturated heterocycles. The first kappa shape index (κ1) is 19.4. The number of carbonyl (C=O) groups excluding carboxylic acids is 1. The second kappa shape index (κ2) is 7.69. The van der Waals surface area contributed by atoms with Crippen LogP contribution in [0.25, 0.3) is 11.4 Å². The van der Waals surface area contributed by atoms with Crippen molar-refractivity contribution in [2.24, 2.45) is 7.05 Å². The van der Waals surface area contributed by atoms with Crippen molar-refractivity contribution in [3.63, 3.8) is 0 Å². The number of aryl methyl sites for hydroxylation is 1. The van der Waals surface area contributed by atoms with Crippen LogP contribution < -0.4 is 0 Å². The summed E-state index contributed by atoms with van der Waals surface area (Å²) in [5.41, 5.74) is 4.31. The summed E-state index contributed by atoms with van der Waals surface area (Å²) in [6.07, 6.45) is 0. The number of hydrogen-bond acceptors (Lipinski definition) is 4. The SMILES string of the molecule is Cc1ccc(C(=O)CSc2nnc(-c3ccc(C(C)(C)C)cc3)n2C)cc1. The van der Waals surface area contributed by atoms with E-state index in [1.54, 1.807) is 0 Å². The van der Waals surface area contributed by atoms with Crippen molar-refractivity contribution in [2.45, 2.75) is 38.3 Å². The highest BCUT2D eigenvalue weighted by molar-refractivity contribution is 7.99. The highest BCUT2D eigenvalue weighted by atomic mass is 32.2. The normalized spacial score (nSPS) is 11.6. The average molecular weight is 380 g/mol. The molecule has 0 aliphatic rings. The van der Waals surface area contributed by atoms with Crippen molar-refractivity contribution in [2.75, 3.05) is 5.75 Å². The van der Waals surface area contributed by atoms with Crippen LogP contribution in [0.2, 0.25) is 0 Å². The van der Waals surface area contributed by atoms with E-state index in [1.807, 2.05) is 42.8 Å². The van der Waals surface area contributed by atoms with E-state index < -0.39 is 0 Å². The zero-order valence-corrected chi connectivity index (χ0v) is 17.3. The van der Waals surface area contributed by atoms with Gasteiger partial charge in [0.15, 0.2) is 16.8 Å². The number of ketones is 1. The van der Waals surface area contributed by atoms with Gasteiger partial charge in [-0.05, 0) is 17.9 Å². The molecule has 0 unspecified atom stereocenters. The van der Waals surface area contributed by atoms with Crippen LogP contribution in [-0.4, -0.2) is 26.3 Å². The molecule has 0 bridgehead atoms. The molecule has 2 aromatic carbocycles. The minimum atomic E-state index is 0.0964. The number of Topliss-reactive ketones (excluding diaryl/α,β-unsaturated/α-hetero) is 1. The van der Waals surface area contributed by atoms with E-state index in [-0.39, 0.29) is 11.2 Å². The molecule has 1 aromatic heterocycles. The summed E-state index contributed by atoms with van der Waals surface area (Å²) in [5, 5.41) is 9.33. The van der Waals surface area contributed by atoms with Crippen molar-refractivity contribution in [3.8, 4) is 11.4 Å². The second-order valence-electron chi connectivity index (χ2n) is 7.77. The number of thioether (sulfide) groups is 1. The molecular weight excluding hydrogens is 354 g/mol. The van der Waals surface area contributed by atoms with Crippen molar-refractivity contribution in [1.82, 2.24) is 14.8 Å². The minimum Gasteiger partial charge on any atom is -0.305 e. The molecule has 4 nitrogen and oxygen atoms in total. The first-order valence-electron chi connectivity index (χ1n) is 8.98. The smallest absolute Gasteiger partial charge is 0.191 e. The second-order valence-corrected chi connectivity index (χ2v) is 8.71. The van der Waals surface area contributed by atoms with E-state index in [0.29, 0.717) is 5.75 Å². The van der Waals surface area contributed by atoms with Crippen LogP contribution in [0, 0.1) is 6.92 Å². The maximum absolute atomic E-state index is 12.4. The summed E-state index contributed by atoms with van der Waals surface area (Å²) < 4.78 is 1.94. The first-order chi connectivity index (χ1) is 12.8. The van der Waals surface area contributed by atoms with Gasteiger partial charge < -0.3 is 4.57 Å². The Kier molecular flexibility index (Phi) is 5.51. The first-order valence-corrected chi connectivity index (χ1v) is 9.97. The van der Waals surface area contributed by atoms with Gasteiger partial charge in [-0.25, -0.2) is 0 Å². The Balaban J connectivity index is 1.71. The fraction of sp³-hybridized carbons (Fsp3) is 0.318. The molecule has 0 saturated carbocycles. The van der Waals surface area contributed by atoms with E-state index in [0.717, 1.165) is 27.7 Å². The van der Waals surface area contributed by atoms with Crippen LogP contribution >= 0.6 is 11.8 Å². The van der Waals surface area contributed by atoms with Crippen LogP contribution in [-0.2, 0) is 12.5 Å². The summed E-state index contributed by atoms with van der Waals surface area (Å²) in [5.74, 6) is 1.25. The fourth-order valence-electron chi connectivity index (χ4n) is 2.76. The van der Waals surface area contributed by atoms with E-state index in [9.17, 15) is 4.79 Å². The molecule has 0 aliphatic heterocycles. The lowest BCUT2D eigenvalue weighted by Gasteiger charge is -2.19. The van der Waals surface area contributed by atoms with Gasteiger partial charge in [0.2, 0.25) is 0 Å². The Labute approximate surface area is 165 Å². The Morgan fingerprint density at radius 3 is 2.22 bits per heavy atom. The van der Waals surface area contributed by atoms with Gasteiger partial charge in [-0.3, -0.25) is 4.79 Å². The third kappa shape index (κ3) is 4.48. The quantitative estimate of drug-likeness (QED) is 0.459. The van der Waals surface area contributed by atoms with E-state index >= 15 is 0 Å². The summed E-state index contributed by atoms with van der Waals surface area (Å²) in [6.45, 7) is 8.61. The van der Waals surface area contributed by atoms with Gasteiger partial charge in [0.05, 0.1) is 5.75 Å². The molecule has 1 heterocycles. The monoisotopic (exact) mass is 379 g/mol. The van der Waals surface area contributed by atoms with E-state index in [2.05, 4.69) is 55.2 Å². The van der Waals surface area contributed by atoms with Crippen LogP contribution in [0.15, 0.2) is 53.7 Å². The van der Waals surface area contributed by atoms with Crippen LogP contribution in [0.4, 0.5) is 0 Å². The van der Waals surface area contributed by atoms with E-state index in [4.69, 9.17) is 0 Å². The van der Waals surface area contributed by atoms with Gasteiger partial charge in [0.1, 0.15) is 0 Å². The number of benzene rings is 2. The number of nitrogens with zero attached hydrogens (tertiary/aromatic N) is 3. The molecule has 5 heteroatoms. The summed E-state index contributed by atoms with van der Waals surface area (Å²) >= 11 is 1.42. The zero-order chi connectivity index (χ0) is 19.6. The standard InChI is InChI=1S/C22H25N3OS/c1-15-6-8-16(9-7-15)19(26)14-27-21-24-23-20(25(21)5)17-10-12-18(13-11-17)22(2,3)4/h6-13H,14H2,1-5H3. The number of hydrogen-bond donors (Lipinski definition) is 0. The lowest BCUT2D eigenvalue weighted by molar-refractivity contribution is 0.102. The maximum atomic E-state index is 12.4. The van der Waals surface area contributed by atoms with E-state index in [1.165, 1.54) is 17.3 Å². The Hall–Kier alpha value is -2.40. The molecule has 0 N–H and O–H groups in total. The van der Waals surface area contributed by atoms with Crippen molar-refractivity contribution < 1.29 is 4.79 Å². The van der Waals surface area contributed by atoms with Crippen molar-refractivity contribution >= 4 is 17.5 Å². The van der Waals surface area contributed by atoms with Gasteiger partial charge >= 0.3 is 0 Å². The third-order valence-corrected chi connectivity index (χ3v) is 5.57. The van der Waals surface area contributed by atoms with Crippen LogP contribution in [0.1, 0.15) is 42.3 Å². The van der Waals surface area contributed by atoms with Gasteiger partial charge in [0.25, 0.3) is 0 Å². The minimum absolute atomic E-state index is 0.0964. The summed E-state index contributed by atoms with van der Waals surface area (Å²) in [4.78, 5) is 12.4. The van der Waals surface area contributed by atoms with Gasteiger partial charge in [-0.1, -0.05) is 86.6 Å². The predicted molar refractivity (Wildman–Crippen MR) is 111 cm³/mol. The summed E-state index contributed by atoms with van der Waals surface area (Å²) in [6, 6.07) is 16.1. The highest BCUT2D eigenvalue weighted by Gasteiger charge is 2.16. The lowest BCUT2D eigenvalue weighted by Crippen LogP contribution is -2.10. The van der Waals surface area contributed by atoms with Crippen molar-refractivity contribution in [3.05, 3.63) is 65.2 Å². The highest BCUT2D eigenvalue weighted by Crippen LogP contribution is 2.27. The molecule has 3 rings (SSSR count). The molecule has 0 spiro atoms. The lowest BCUT2D eigenvalue weighted by atomic mass is 9.87. The molecule has 0 fully saturated rings. The Morgan fingerprint density at radius 2 is 1.63 bits per heavy atom. The Morgan fingerprint density at radius 1 is 1.00 bits per heavy atom. The predicted octanol–water partition coefficient (Wildman–Crippen LogP) is 5.06. The maximum Gasteiger partial charge on any atom is 0.191 e.